The van der Waals surface area contributed by atoms with Crippen LogP contribution in [0.3, 0.4) is 0 Å². The van der Waals surface area contributed by atoms with Crippen molar-refractivity contribution in [1.29, 1.82) is 0 Å². The molecule has 1 fully saturated rings. The van der Waals surface area contributed by atoms with E-state index >= 15 is 0 Å². The first-order valence-electron chi connectivity index (χ1n) is 5.73. The van der Waals surface area contributed by atoms with Gasteiger partial charge in [-0.1, -0.05) is 6.07 Å². The van der Waals surface area contributed by atoms with Crippen LogP contribution in [-0.2, 0) is 6.42 Å². The monoisotopic (exact) mass is 223 g/mol. The molecule has 1 heterocycles. The number of nitrogen functional groups attached to an aromatic ring is 1. The van der Waals surface area contributed by atoms with Crippen LogP contribution in [0.2, 0.25) is 0 Å². The van der Waals surface area contributed by atoms with Crippen molar-refractivity contribution in [2.75, 3.05) is 38.5 Å². The second-order valence-corrected chi connectivity index (χ2v) is 4.20. The molecule has 1 aliphatic rings. The minimum atomic E-state index is -0.328. The van der Waals surface area contributed by atoms with Gasteiger partial charge in [-0.05, 0) is 24.1 Å². The molecule has 88 valence electrons. The Labute approximate surface area is 95.4 Å². The molecule has 1 aliphatic heterocycles. The summed E-state index contributed by atoms with van der Waals surface area (Å²) in [7, 11) is 0. The average molecular weight is 223 g/mol. The highest BCUT2D eigenvalue weighted by atomic mass is 19.1. The minimum absolute atomic E-state index is 0.248. The van der Waals surface area contributed by atoms with E-state index in [0.717, 1.165) is 44.7 Å². The molecule has 3 nitrogen and oxygen atoms in total. The molecule has 2 rings (SSSR count). The van der Waals surface area contributed by atoms with E-state index in [2.05, 4.69) is 10.2 Å². The molecule has 0 aliphatic carbocycles. The molecule has 0 unspecified atom stereocenters. The van der Waals surface area contributed by atoms with Crippen molar-refractivity contribution in [3.8, 4) is 0 Å². The first kappa shape index (κ1) is 11.4. The number of piperazine rings is 1. The molecular weight excluding hydrogens is 205 g/mol. The summed E-state index contributed by atoms with van der Waals surface area (Å²) in [5.74, 6) is -0.328. The maximum absolute atomic E-state index is 12.9. The maximum Gasteiger partial charge on any atom is 0.146 e. The third kappa shape index (κ3) is 2.93. The zero-order valence-electron chi connectivity index (χ0n) is 9.38. The highest BCUT2D eigenvalue weighted by Gasteiger charge is 2.09. The molecule has 0 saturated carbocycles. The van der Waals surface area contributed by atoms with Crippen molar-refractivity contribution in [3.05, 3.63) is 29.6 Å². The number of anilines is 1. The van der Waals surface area contributed by atoms with Crippen LogP contribution in [0.25, 0.3) is 0 Å². The van der Waals surface area contributed by atoms with Crippen molar-refractivity contribution in [1.82, 2.24) is 10.2 Å². The number of halogens is 1. The molecular formula is C12H18FN3. The van der Waals surface area contributed by atoms with Crippen molar-refractivity contribution < 1.29 is 4.39 Å². The van der Waals surface area contributed by atoms with Gasteiger partial charge in [-0.15, -0.1) is 0 Å². The second kappa shape index (κ2) is 5.27. The van der Waals surface area contributed by atoms with E-state index in [9.17, 15) is 4.39 Å². The van der Waals surface area contributed by atoms with E-state index in [4.69, 9.17) is 5.73 Å². The largest absolute Gasteiger partial charge is 0.396 e. The van der Waals surface area contributed by atoms with E-state index in [-0.39, 0.29) is 11.5 Å². The van der Waals surface area contributed by atoms with Crippen molar-refractivity contribution >= 4 is 5.69 Å². The van der Waals surface area contributed by atoms with Crippen LogP contribution in [0.1, 0.15) is 5.56 Å². The Kier molecular flexibility index (Phi) is 3.74. The Hall–Kier alpha value is -1.13. The summed E-state index contributed by atoms with van der Waals surface area (Å²) in [6, 6.07) is 4.99. The lowest BCUT2D eigenvalue weighted by atomic mass is 10.1. The lowest BCUT2D eigenvalue weighted by Crippen LogP contribution is -2.44. The first-order chi connectivity index (χ1) is 7.75. The van der Waals surface area contributed by atoms with Gasteiger partial charge in [0, 0.05) is 32.7 Å². The van der Waals surface area contributed by atoms with Gasteiger partial charge in [0.2, 0.25) is 0 Å². The average Bonchev–Trinajstić information content (AvgIpc) is 2.32. The molecule has 1 aromatic rings. The summed E-state index contributed by atoms with van der Waals surface area (Å²) in [4.78, 5) is 2.41. The quantitative estimate of drug-likeness (QED) is 0.747. The zero-order chi connectivity index (χ0) is 11.4. The van der Waals surface area contributed by atoms with E-state index in [0.29, 0.717) is 0 Å². The van der Waals surface area contributed by atoms with Crippen LogP contribution >= 0.6 is 0 Å². The predicted octanol–water partition coefficient (Wildman–Crippen LogP) is 0.856. The Morgan fingerprint density at radius 3 is 2.75 bits per heavy atom. The summed E-state index contributed by atoms with van der Waals surface area (Å²) in [6.07, 6.45) is 0.935. The molecule has 1 aromatic carbocycles. The topological polar surface area (TPSA) is 41.3 Å². The molecule has 0 aromatic heterocycles. The predicted molar refractivity (Wildman–Crippen MR) is 63.8 cm³/mol. The molecule has 1 saturated heterocycles. The third-order valence-electron chi connectivity index (χ3n) is 2.99. The van der Waals surface area contributed by atoms with Gasteiger partial charge >= 0.3 is 0 Å². The molecule has 4 heteroatoms. The van der Waals surface area contributed by atoms with Gasteiger partial charge in [-0.3, -0.25) is 0 Å². The van der Waals surface area contributed by atoms with Crippen LogP contribution in [0.15, 0.2) is 18.2 Å². The lowest BCUT2D eigenvalue weighted by Gasteiger charge is -2.27. The number of rotatable bonds is 3. The number of hydrogen-bond acceptors (Lipinski definition) is 3. The Balaban J connectivity index is 1.86. The fourth-order valence-electron chi connectivity index (χ4n) is 1.97. The lowest BCUT2D eigenvalue weighted by molar-refractivity contribution is 0.244. The standard InChI is InChI=1S/C12H18FN3/c13-11-2-1-10(9-12(11)14)3-6-16-7-4-15-5-8-16/h1-2,9,15H,3-8,14H2. The third-order valence-corrected chi connectivity index (χ3v) is 2.99. The molecule has 0 bridgehead atoms. The highest BCUT2D eigenvalue weighted by molar-refractivity contribution is 5.42. The van der Waals surface area contributed by atoms with E-state index < -0.39 is 0 Å². The number of nitrogens with two attached hydrogens (primary N) is 1. The Bertz CT molecular complexity index is 348. The first-order valence-corrected chi connectivity index (χ1v) is 5.73. The normalized spacial score (nSPS) is 17.6. The van der Waals surface area contributed by atoms with Crippen molar-refractivity contribution in [3.63, 3.8) is 0 Å². The Morgan fingerprint density at radius 2 is 2.06 bits per heavy atom. The smallest absolute Gasteiger partial charge is 0.146 e. The maximum atomic E-state index is 12.9. The fourth-order valence-corrected chi connectivity index (χ4v) is 1.97. The summed E-state index contributed by atoms with van der Waals surface area (Å²) >= 11 is 0. The van der Waals surface area contributed by atoms with Gasteiger partial charge in [0.1, 0.15) is 5.82 Å². The van der Waals surface area contributed by atoms with E-state index in [1.807, 2.05) is 6.07 Å². The van der Waals surface area contributed by atoms with Crippen LogP contribution in [-0.4, -0.2) is 37.6 Å². The van der Waals surface area contributed by atoms with Gasteiger partial charge in [-0.2, -0.15) is 0 Å². The second-order valence-electron chi connectivity index (χ2n) is 4.20. The van der Waals surface area contributed by atoms with Gasteiger partial charge in [0.05, 0.1) is 5.69 Å². The van der Waals surface area contributed by atoms with Crippen molar-refractivity contribution in [2.24, 2.45) is 0 Å². The number of nitrogens with one attached hydrogen (secondary N) is 1. The van der Waals surface area contributed by atoms with Crippen LogP contribution < -0.4 is 11.1 Å². The SMILES string of the molecule is Nc1cc(CCN2CCNCC2)ccc1F. The van der Waals surface area contributed by atoms with Crippen LogP contribution in [0, 0.1) is 5.82 Å². The number of hydrogen-bond donors (Lipinski definition) is 2. The minimum Gasteiger partial charge on any atom is -0.396 e. The molecule has 16 heavy (non-hydrogen) atoms. The Morgan fingerprint density at radius 1 is 1.31 bits per heavy atom. The zero-order valence-corrected chi connectivity index (χ0v) is 9.38. The van der Waals surface area contributed by atoms with E-state index in [1.165, 1.54) is 6.07 Å². The van der Waals surface area contributed by atoms with Crippen molar-refractivity contribution in [2.45, 2.75) is 6.42 Å². The number of nitrogens with zero attached hydrogens (tertiary/aromatic N) is 1. The summed E-state index contributed by atoms with van der Waals surface area (Å²) in [5.41, 5.74) is 6.89. The molecule has 0 radical (unpaired) electrons. The van der Waals surface area contributed by atoms with Gasteiger partial charge < -0.3 is 16.0 Å². The number of benzene rings is 1. The fraction of sp³-hybridized carbons (Fsp3) is 0.500. The molecule has 0 atom stereocenters. The van der Waals surface area contributed by atoms with Crippen LogP contribution in [0.5, 0.6) is 0 Å². The van der Waals surface area contributed by atoms with Gasteiger partial charge in [0.15, 0.2) is 0 Å². The summed E-state index contributed by atoms with van der Waals surface area (Å²) < 4.78 is 12.9. The molecule has 0 spiro atoms. The summed E-state index contributed by atoms with van der Waals surface area (Å²) in [5, 5.41) is 3.32. The van der Waals surface area contributed by atoms with Crippen LogP contribution in [0.4, 0.5) is 10.1 Å². The molecule has 3 N–H and O–H groups in total. The molecule has 0 amide bonds. The van der Waals surface area contributed by atoms with E-state index in [1.54, 1.807) is 6.07 Å². The highest BCUT2D eigenvalue weighted by Crippen LogP contribution is 2.13. The summed E-state index contributed by atoms with van der Waals surface area (Å²) in [6.45, 7) is 5.33. The van der Waals surface area contributed by atoms with Gasteiger partial charge in [0.25, 0.3) is 0 Å². The van der Waals surface area contributed by atoms with Gasteiger partial charge in [-0.25, -0.2) is 4.39 Å².